The lowest BCUT2D eigenvalue weighted by Crippen LogP contribution is -2.36. The molecule has 7 nitrogen and oxygen atoms in total. The van der Waals surface area contributed by atoms with Crippen molar-refractivity contribution in [3.05, 3.63) is 71.5 Å². The molecule has 0 fully saturated rings. The van der Waals surface area contributed by atoms with Crippen molar-refractivity contribution < 1.29 is 17.9 Å². The van der Waals surface area contributed by atoms with E-state index in [4.69, 9.17) is 9.88 Å². The van der Waals surface area contributed by atoms with Crippen molar-refractivity contribution >= 4 is 21.5 Å². The van der Waals surface area contributed by atoms with E-state index in [0.717, 1.165) is 28.5 Å². The van der Waals surface area contributed by atoms with Crippen LogP contribution in [0, 0.1) is 13.8 Å². The highest BCUT2D eigenvalue weighted by molar-refractivity contribution is 7.89. The summed E-state index contributed by atoms with van der Waals surface area (Å²) in [6.45, 7) is 5.26. The minimum Gasteiger partial charge on any atom is -0.490 e. The molecule has 2 heterocycles. The van der Waals surface area contributed by atoms with Crippen LogP contribution < -0.4 is 14.8 Å². The Bertz CT molecular complexity index is 1210. The van der Waals surface area contributed by atoms with Crippen molar-refractivity contribution in [1.82, 2.24) is 4.57 Å². The normalized spacial score (nSPS) is 13.6. The number of nitrogens with zero attached hydrogens (tertiary/aromatic N) is 2. The molecule has 2 N–H and O–H groups in total. The highest BCUT2D eigenvalue weighted by Gasteiger charge is 2.23. The van der Waals surface area contributed by atoms with E-state index in [1.165, 1.54) is 12.1 Å². The molecular weight excluding hydrogens is 402 g/mol. The van der Waals surface area contributed by atoms with Gasteiger partial charge >= 0.3 is 0 Å². The van der Waals surface area contributed by atoms with Crippen LogP contribution in [0.2, 0.25) is 0 Å². The number of aromatic nitrogens is 1. The minimum absolute atomic E-state index is 0.0206. The Morgan fingerprint density at radius 1 is 1.10 bits per heavy atom. The van der Waals surface area contributed by atoms with Crippen molar-refractivity contribution in [3.8, 4) is 11.4 Å². The highest BCUT2D eigenvalue weighted by Crippen LogP contribution is 2.31. The third-order valence-corrected chi connectivity index (χ3v) is 6.24. The number of Topliss-reactive ketones (excluding diaryl/α,β-unsaturated/α-hetero) is 1. The number of ether oxygens (including phenoxy) is 1. The van der Waals surface area contributed by atoms with Gasteiger partial charge in [0, 0.05) is 22.6 Å². The number of sulfonamides is 1. The predicted octanol–water partition coefficient (Wildman–Crippen LogP) is 2.82. The summed E-state index contributed by atoms with van der Waals surface area (Å²) in [6, 6.07) is 15.9. The zero-order valence-electron chi connectivity index (χ0n) is 16.8. The van der Waals surface area contributed by atoms with Crippen molar-refractivity contribution in [2.75, 3.05) is 24.6 Å². The number of carbonyl (C=O) groups is 1. The number of rotatable bonds is 5. The topological polar surface area (TPSA) is 94.6 Å². The van der Waals surface area contributed by atoms with Crippen LogP contribution in [0.25, 0.3) is 5.69 Å². The Hall–Kier alpha value is -3.10. The number of fused-ring (bicyclic) bond motifs is 1. The van der Waals surface area contributed by atoms with Crippen molar-refractivity contribution in [2.24, 2.45) is 5.14 Å². The lowest BCUT2D eigenvalue weighted by Gasteiger charge is -2.30. The SMILES string of the molecule is Cc1cc(C(=O)CN2CCOc3ccccc32)c(C)n1-c1ccc(S(N)(=O)=O)cc1. The van der Waals surface area contributed by atoms with Crippen LogP contribution in [0.4, 0.5) is 5.69 Å². The van der Waals surface area contributed by atoms with Crippen LogP contribution in [0.3, 0.4) is 0 Å². The molecule has 156 valence electrons. The molecule has 4 rings (SSSR count). The van der Waals surface area contributed by atoms with Crippen molar-refractivity contribution in [1.29, 1.82) is 0 Å². The molecule has 0 aliphatic carbocycles. The number of benzene rings is 2. The zero-order chi connectivity index (χ0) is 21.5. The van der Waals surface area contributed by atoms with E-state index in [1.807, 2.05) is 53.6 Å². The van der Waals surface area contributed by atoms with E-state index < -0.39 is 10.0 Å². The summed E-state index contributed by atoms with van der Waals surface area (Å²) in [6.07, 6.45) is 0. The van der Waals surface area contributed by atoms with Gasteiger partial charge in [-0.25, -0.2) is 13.6 Å². The molecular formula is C22H23N3O4S. The molecule has 0 radical (unpaired) electrons. The van der Waals surface area contributed by atoms with Crippen molar-refractivity contribution in [3.63, 3.8) is 0 Å². The van der Waals surface area contributed by atoms with Crippen LogP contribution in [0.1, 0.15) is 21.7 Å². The molecule has 3 aromatic rings. The van der Waals surface area contributed by atoms with Gasteiger partial charge in [-0.3, -0.25) is 4.79 Å². The Kier molecular flexibility index (Phi) is 5.13. The van der Waals surface area contributed by atoms with Gasteiger partial charge in [-0.2, -0.15) is 0 Å². The third kappa shape index (κ3) is 3.71. The van der Waals surface area contributed by atoms with Crippen LogP contribution in [0.5, 0.6) is 5.75 Å². The number of primary sulfonamides is 1. The largest absolute Gasteiger partial charge is 0.490 e. The molecule has 30 heavy (non-hydrogen) atoms. The quantitative estimate of drug-likeness (QED) is 0.635. The summed E-state index contributed by atoms with van der Waals surface area (Å²) in [5.41, 5.74) is 4.04. The first-order chi connectivity index (χ1) is 14.3. The number of para-hydroxylation sites is 2. The molecule has 0 spiro atoms. The predicted molar refractivity (Wildman–Crippen MR) is 115 cm³/mol. The summed E-state index contributed by atoms with van der Waals surface area (Å²) < 4.78 is 30.6. The number of nitrogens with two attached hydrogens (primary N) is 1. The van der Waals surface area contributed by atoms with Crippen LogP contribution in [0.15, 0.2) is 59.5 Å². The summed E-state index contributed by atoms with van der Waals surface area (Å²) in [7, 11) is -3.75. The number of aryl methyl sites for hydroxylation is 1. The van der Waals surface area contributed by atoms with Gasteiger partial charge in [-0.05, 0) is 56.3 Å². The molecule has 0 saturated carbocycles. The van der Waals surface area contributed by atoms with E-state index in [2.05, 4.69) is 0 Å². The molecule has 0 bridgehead atoms. The monoisotopic (exact) mass is 425 g/mol. The molecule has 0 unspecified atom stereocenters. The van der Waals surface area contributed by atoms with Gasteiger partial charge < -0.3 is 14.2 Å². The maximum Gasteiger partial charge on any atom is 0.238 e. The maximum absolute atomic E-state index is 13.1. The lowest BCUT2D eigenvalue weighted by atomic mass is 10.1. The highest BCUT2D eigenvalue weighted by atomic mass is 32.2. The molecule has 1 aliphatic rings. The fourth-order valence-electron chi connectivity index (χ4n) is 3.88. The Balaban J connectivity index is 1.62. The molecule has 0 saturated heterocycles. The minimum atomic E-state index is -3.75. The van der Waals surface area contributed by atoms with Gasteiger partial charge in [0.1, 0.15) is 12.4 Å². The molecule has 8 heteroatoms. The van der Waals surface area contributed by atoms with Crippen LogP contribution in [-0.4, -0.2) is 38.5 Å². The molecule has 1 aliphatic heterocycles. The first-order valence-corrected chi connectivity index (χ1v) is 11.1. The number of hydrogen-bond acceptors (Lipinski definition) is 5. The fraction of sp³-hybridized carbons (Fsp3) is 0.227. The first kappa shape index (κ1) is 20.2. The average molecular weight is 426 g/mol. The summed E-state index contributed by atoms with van der Waals surface area (Å²) in [4.78, 5) is 15.2. The number of ketones is 1. The molecule has 2 aromatic carbocycles. The van der Waals surface area contributed by atoms with Crippen LogP contribution in [-0.2, 0) is 10.0 Å². The van der Waals surface area contributed by atoms with Crippen LogP contribution >= 0.6 is 0 Å². The number of carbonyl (C=O) groups excluding carboxylic acids is 1. The van der Waals surface area contributed by atoms with Gasteiger partial charge in [-0.15, -0.1) is 0 Å². The van der Waals surface area contributed by atoms with E-state index in [-0.39, 0.29) is 17.2 Å². The summed E-state index contributed by atoms with van der Waals surface area (Å²) in [5.74, 6) is 0.809. The van der Waals surface area contributed by atoms with E-state index in [9.17, 15) is 13.2 Å². The Morgan fingerprint density at radius 3 is 2.50 bits per heavy atom. The van der Waals surface area contributed by atoms with E-state index in [0.29, 0.717) is 18.7 Å². The summed E-state index contributed by atoms with van der Waals surface area (Å²) >= 11 is 0. The van der Waals surface area contributed by atoms with Gasteiger partial charge in [0.2, 0.25) is 10.0 Å². The molecule has 0 atom stereocenters. The lowest BCUT2D eigenvalue weighted by molar-refractivity contribution is 0.0996. The van der Waals surface area contributed by atoms with Gasteiger partial charge in [0.25, 0.3) is 0 Å². The van der Waals surface area contributed by atoms with Gasteiger partial charge in [-0.1, -0.05) is 12.1 Å². The Morgan fingerprint density at radius 2 is 1.80 bits per heavy atom. The standard InChI is InChI=1S/C22H23N3O4S/c1-15-13-19(16(2)25(15)17-7-9-18(10-8-17)30(23,27)28)21(26)14-24-11-12-29-22-6-4-3-5-20(22)24/h3-10,13H,11-12,14H2,1-2H3,(H2,23,27,28). The average Bonchev–Trinajstić information content (AvgIpc) is 3.02. The first-order valence-electron chi connectivity index (χ1n) is 9.58. The van der Waals surface area contributed by atoms with Gasteiger partial charge in [0.05, 0.1) is 23.7 Å². The fourth-order valence-corrected chi connectivity index (χ4v) is 4.39. The summed E-state index contributed by atoms with van der Waals surface area (Å²) in [5, 5.41) is 5.18. The molecule has 1 aromatic heterocycles. The Labute approximate surface area is 175 Å². The van der Waals surface area contributed by atoms with E-state index >= 15 is 0 Å². The second kappa shape index (κ2) is 7.62. The smallest absolute Gasteiger partial charge is 0.238 e. The molecule has 0 amide bonds. The van der Waals surface area contributed by atoms with Crippen molar-refractivity contribution in [2.45, 2.75) is 18.7 Å². The number of anilines is 1. The van der Waals surface area contributed by atoms with Gasteiger partial charge in [0.15, 0.2) is 5.78 Å². The zero-order valence-corrected chi connectivity index (χ0v) is 17.6. The second-order valence-corrected chi connectivity index (χ2v) is 8.88. The number of hydrogen-bond donors (Lipinski definition) is 1. The third-order valence-electron chi connectivity index (χ3n) is 5.31. The maximum atomic E-state index is 13.1. The van der Waals surface area contributed by atoms with E-state index in [1.54, 1.807) is 12.1 Å². The second-order valence-electron chi connectivity index (χ2n) is 7.32.